The normalized spacial score (nSPS) is 14.1. The van der Waals surface area contributed by atoms with Gasteiger partial charge in [0.25, 0.3) is 0 Å². The van der Waals surface area contributed by atoms with Crippen molar-refractivity contribution < 1.29 is 14.3 Å². The fourth-order valence-corrected chi connectivity index (χ4v) is 3.87. The zero-order chi connectivity index (χ0) is 22.3. The molecule has 0 atom stereocenters. The molecular weight excluding hydrogens is 402 g/mol. The quantitative estimate of drug-likeness (QED) is 0.559. The molecule has 32 heavy (non-hydrogen) atoms. The fourth-order valence-electron chi connectivity index (χ4n) is 3.87. The average molecular weight is 432 g/mol. The van der Waals surface area contributed by atoms with Crippen molar-refractivity contribution >= 4 is 11.7 Å². The van der Waals surface area contributed by atoms with Crippen molar-refractivity contribution in [3.05, 3.63) is 84.4 Å². The molecule has 4 rings (SSSR count). The Morgan fingerprint density at radius 1 is 0.875 bits per heavy atom. The van der Waals surface area contributed by atoms with E-state index in [-0.39, 0.29) is 6.03 Å². The molecule has 3 aromatic rings. The number of carbonyl (C=O) groups excluding carboxylic acids is 1. The first-order valence-electron chi connectivity index (χ1n) is 10.8. The minimum absolute atomic E-state index is 0.0445. The Kier molecular flexibility index (Phi) is 6.92. The number of benzene rings is 3. The van der Waals surface area contributed by atoms with Crippen LogP contribution in [0.15, 0.2) is 78.9 Å². The molecule has 0 spiro atoms. The molecule has 166 valence electrons. The first-order chi connectivity index (χ1) is 15.6. The molecular formula is C26H29N3O3. The number of hydrogen-bond donors (Lipinski definition) is 0. The number of rotatable bonds is 6. The summed E-state index contributed by atoms with van der Waals surface area (Å²) in [6.45, 7) is 3.93. The van der Waals surface area contributed by atoms with Crippen molar-refractivity contribution in [1.29, 1.82) is 0 Å². The van der Waals surface area contributed by atoms with Crippen LogP contribution >= 0.6 is 0 Å². The van der Waals surface area contributed by atoms with Gasteiger partial charge in [0.15, 0.2) is 11.5 Å². The second-order valence-electron chi connectivity index (χ2n) is 7.84. The summed E-state index contributed by atoms with van der Waals surface area (Å²) < 4.78 is 11.4. The summed E-state index contributed by atoms with van der Waals surface area (Å²) in [6, 6.07) is 25.6. The van der Waals surface area contributed by atoms with Crippen LogP contribution in [0.2, 0.25) is 0 Å². The largest absolute Gasteiger partial charge is 0.493 e. The van der Waals surface area contributed by atoms with Gasteiger partial charge in [-0.05, 0) is 42.0 Å². The average Bonchev–Trinajstić information content (AvgIpc) is 2.85. The molecule has 2 amide bonds. The van der Waals surface area contributed by atoms with Gasteiger partial charge in [0.05, 0.1) is 7.11 Å². The van der Waals surface area contributed by atoms with E-state index in [1.54, 1.807) is 12.0 Å². The molecule has 0 unspecified atom stereocenters. The maximum Gasteiger partial charge on any atom is 0.324 e. The van der Waals surface area contributed by atoms with E-state index in [0.717, 1.165) is 31.1 Å². The van der Waals surface area contributed by atoms with Gasteiger partial charge in [0, 0.05) is 45.5 Å². The van der Waals surface area contributed by atoms with Gasteiger partial charge in [-0.15, -0.1) is 0 Å². The summed E-state index contributed by atoms with van der Waals surface area (Å²) in [7, 11) is 3.47. The smallest absolute Gasteiger partial charge is 0.324 e. The zero-order valence-electron chi connectivity index (χ0n) is 18.6. The minimum atomic E-state index is 0.0445. The Hall–Kier alpha value is -3.51. The topological polar surface area (TPSA) is 45.3 Å². The Bertz CT molecular complexity index is 1030. The SMILES string of the molecule is COc1ccccc1Oc1cccc(CN2CCN(C(=O)N(C)c3ccccc3)CC2)c1. The van der Waals surface area contributed by atoms with Crippen LogP contribution in [0.1, 0.15) is 5.56 Å². The van der Waals surface area contributed by atoms with Gasteiger partial charge in [0.1, 0.15) is 5.75 Å². The number of carbonyl (C=O) groups is 1. The van der Waals surface area contributed by atoms with Crippen LogP contribution in [0.5, 0.6) is 17.2 Å². The molecule has 0 bridgehead atoms. The van der Waals surface area contributed by atoms with Crippen LogP contribution in [-0.4, -0.2) is 56.2 Å². The van der Waals surface area contributed by atoms with Crippen molar-refractivity contribution in [2.75, 3.05) is 45.2 Å². The maximum atomic E-state index is 12.8. The molecule has 0 radical (unpaired) electrons. The van der Waals surface area contributed by atoms with Crippen molar-refractivity contribution in [3.63, 3.8) is 0 Å². The molecule has 0 N–H and O–H groups in total. The van der Waals surface area contributed by atoms with Gasteiger partial charge in [0.2, 0.25) is 0 Å². The molecule has 6 heteroatoms. The van der Waals surface area contributed by atoms with Crippen molar-refractivity contribution in [2.24, 2.45) is 0 Å². The summed E-state index contributed by atoms with van der Waals surface area (Å²) >= 11 is 0. The fraction of sp³-hybridized carbons (Fsp3) is 0.269. The highest BCUT2D eigenvalue weighted by molar-refractivity contribution is 5.91. The second kappa shape index (κ2) is 10.2. The monoisotopic (exact) mass is 431 g/mol. The zero-order valence-corrected chi connectivity index (χ0v) is 18.6. The van der Waals surface area contributed by atoms with E-state index in [0.29, 0.717) is 24.6 Å². The summed E-state index contributed by atoms with van der Waals surface area (Å²) in [5, 5.41) is 0. The minimum Gasteiger partial charge on any atom is -0.493 e. The van der Waals surface area contributed by atoms with E-state index in [4.69, 9.17) is 9.47 Å². The van der Waals surface area contributed by atoms with E-state index in [1.807, 2.05) is 78.7 Å². The lowest BCUT2D eigenvalue weighted by Crippen LogP contribution is -2.51. The molecule has 0 aliphatic carbocycles. The van der Waals surface area contributed by atoms with Crippen molar-refractivity contribution in [3.8, 4) is 17.2 Å². The molecule has 6 nitrogen and oxygen atoms in total. The second-order valence-corrected chi connectivity index (χ2v) is 7.84. The lowest BCUT2D eigenvalue weighted by atomic mass is 10.2. The molecule has 1 aliphatic heterocycles. The number of hydrogen-bond acceptors (Lipinski definition) is 4. The van der Waals surface area contributed by atoms with E-state index < -0.39 is 0 Å². The summed E-state index contributed by atoms with van der Waals surface area (Å²) in [4.78, 5) is 18.8. The number of methoxy groups -OCH3 is 1. The number of para-hydroxylation sites is 3. The Labute approximate surface area is 189 Å². The first kappa shape index (κ1) is 21.7. The van der Waals surface area contributed by atoms with Gasteiger partial charge in [-0.1, -0.05) is 42.5 Å². The third-order valence-corrected chi connectivity index (χ3v) is 5.67. The van der Waals surface area contributed by atoms with E-state index in [9.17, 15) is 4.79 Å². The summed E-state index contributed by atoms with van der Waals surface area (Å²) in [6.07, 6.45) is 0. The van der Waals surface area contributed by atoms with Gasteiger partial charge < -0.3 is 14.4 Å². The van der Waals surface area contributed by atoms with E-state index in [1.165, 1.54) is 5.56 Å². The predicted molar refractivity (Wildman–Crippen MR) is 127 cm³/mol. The number of nitrogens with zero attached hydrogens (tertiary/aromatic N) is 3. The molecule has 1 heterocycles. The molecule has 0 saturated carbocycles. The standard InChI is InChI=1S/C26H29N3O3/c1-27(22-10-4-3-5-11-22)26(30)29-17-15-28(16-18-29)20-21-9-8-12-23(19-21)32-25-14-7-6-13-24(25)31-2/h3-14,19H,15-18,20H2,1-2H3. The number of urea groups is 1. The van der Waals surface area contributed by atoms with Crippen LogP contribution in [0, 0.1) is 0 Å². The Morgan fingerprint density at radius 3 is 2.28 bits per heavy atom. The summed E-state index contributed by atoms with van der Waals surface area (Å²) in [5.74, 6) is 2.19. The number of amides is 2. The Morgan fingerprint density at radius 2 is 1.56 bits per heavy atom. The third kappa shape index (κ3) is 5.21. The Balaban J connectivity index is 1.32. The van der Waals surface area contributed by atoms with Crippen LogP contribution < -0.4 is 14.4 Å². The van der Waals surface area contributed by atoms with E-state index in [2.05, 4.69) is 17.0 Å². The highest BCUT2D eigenvalue weighted by Crippen LogP contribution is 2.31. The van der Waals surface area contributed by atoms with E-state index >= 15 is 0 Å². The van der Waals surface area contributed by atoms with Gasteiger partial charge in [-0.3, -0.25) is 9.80 Å². The van der Waals surface area contributed by atoms with Gasteiger partial charge in [-0.2, -0.15) is 0 Å². The first-order valence-corrected chi connectivity index (χ1v) is 10.8. The van der Waals surface area contributed by atoms with Gasteiger partial charge >= 0.3 is 6.03 Å². The third-order valence-electron chi connectivity index (χ3n) is 5.67. The van der Waals surface area contributed by atoms with Crippen molar-refractivity contribution in [1.82, 2.24) is 9.80 Å². The van der Waals surface area contributed by atoms with Crippen molar-refractivity contribution in [2.45, 2.75) is 6.54 Å². The molecule has 0 aromatic heterocycles. The molecule has 1 aliphatic rings. The lowest BCUT2D eigenvalue weighted by Gasteiger charge is -2.36. The number of ether oxygens (including phenoxy) is 2. The maximum absolute atomic E-state index is 12.8. The highest BCUT2D eigenvalue weighted by atomic mass is 16.5. The number of anilines is 1. The molecule has 1 fully saturated rings. The van der Waals surface area contributed by atoms with Crippen LogP contribution in [0.3, 0.4) is 0 Å². The molecule has 1 saturated heterocycles. The molecule has 3 aromatic carbocycles. The highest BCUT2D eigenvalue weighted by Gasteiger charge is 2.24. The van der Waals surface area contributed by atoms with Gasteiger partial charge in [-0.25, -0.2) is 4.79 Å². The lowest BCUT2D eigenvalue weighted by molar-refractivity contribution is 0.140. The van der Waals surface area contributed by atoms with Crippen LogP contribution in [0.4, 0.5) is 10.5 Å². The van der Waals surface area contributed by atoms with Crippen LogP contribution in [-0.2, 0) is 6.54 Å². The predicted octanol–water partition coefficient (Wildman–Crippen LogP) is 4.86. The number of piperazine rings is 1. The summed E-state index contributed by atoms with van der Waals surface area (Å²) in [5.41, 5.74) is 2.09. The van der Waals surface area contributed by atoms with Crippen LogP contribution in [0.25, 0.3) is 0 Å².